The van der Waals surface area contributed by atoms with Crippen molar-refractivity contribution in [1.82, 2.24) is 9.88 Å². The molecule has 0 atom stereocenters. The number of carbonyl (C=O) groups excluding carboxylic acids is 1. The molecule has 1 N–H and O–H groups in total. The van der Waals surface area contributed by atoms with Gasteiger partial charge in [0.2, 0.25) is 5.01 Å². The molecule has 19 heavy (non-hydrogen) atoms. The molecule has 0 saturated carbocycles. The first kappa shape index (κ1) is 13.8. The lowest BCUT2D eigenvalue weighted by molar-refractivity contribution is 0.00786. The van der Waals surface area contributed by atoms with Gasteiger partial charge in [-0.15, -0.1) is 11.3 Å². The van der Waals surface area contributed by atoms with E-state index in [9.17, 15) is 9.59 Å². The third-order valence-corrected chi connectivity index (χ3v) is 3.50. The van der Waals surface area contributed by atoms with E-state index in [-0.39, 0.29) is 17.0 Å². The van der Waals surface area contributed by atoms with Gasteiger partial charge in [0.15, 0.2) is 0 Å². The van der Waals surface area contributed by atoms with Crippen molar-refractivity contribution in [2.75, 3.05) is 13.1 Å². The highest BCUT2D eigenvalue weighted by molar-refractivity contribution is 7.11. The van der Waals surface area contributed by atoms with Gasteiger partial charge in [0.1, 0.15) is 5.60 Å². The molecule has 2 rings (SSSR count). The van der Waals surface area contributed by atoms with Crippen LogP contribution in [-0.4, -0.2) is 45.7 Å². The summed E-state index contributed by atoms with van der Waals surface area (Å²) < 4.78 is 5.24. The average Bonchev–Trinajstić information content (AvgIpc) is 2.61. The minimum atomic E-state index is -1.01. The third-order valence-electron chi connectivity index (χ3n) is 2.66. The van der Waals surface area contributed by atoms with Gasteiger partial charge in [-0.05, 0) is 20.8 Å². The number of carboxylic acid groups (broad SMARTS) is 1. The molecule has 0 radical (unpaired) electrons. The monoisotopic (exact) mass is 284 g/mol. The lowest BCUT2D eigenvalue weighted by atomic mass is 9.98. The number of hydrogen-bond donors (Lipinski definition) is 1. The highest BCUT2D eigenvalue weighted by Crippen LogP contribution is 2.29. The maximum absolute atomic E-state index is 11.7. The molecule has 7 heteroatoms. The number of aromatic nitrogens is 1. The second-order valence-electron chi connectivity index (χ2n) is 5.46. The standard InChI is InChI=1S/C12H16N2O4S/c1-12(2,3)18-11(17)14-4-7(5-14)8-6-19-9(13-8)10(15)16/h6-7H,4-5H2,1-3H3,(H,15,16). The molecule has 1 aliphatic rings. The lowest BCUT2D eigenvalue weighted by Gasteiger charge is -2.39. The number of hydrogen-bond acceptors (Lipinski definition) is 5. The van der Waals surface area contributed by atoms with E-state index in [0.29, 0.717) is 13.1 Å². The van der Waals surface area contributed by atoms with Crippen molar-refractivity contribution in [3.05, 3.63) is 16.1 Å². The molecule has 1 fully saturated rings. The SMILES string of the molecule is CC(C)(C)OC(=O)N1CC(c2csc(C(=O)O)n2)C1. The molecule has 1 saturated heterocycles. The van der Waals surface area contributed by atoms with Gasteiger partial charge in [0, 0.05) is 24.4 Å². The van der Waals surface area contributed by atoms with Gasteiger partial charge in [0.25, 0.3) is 0 Å². The maximum Gasteiger partial charge on any atom is 0.410 e. The van der Waals surface area contributed by atoms with E-state index < -0.39 is 11.6 Å². The van der Waals surface area contributed by atoms with Gasteiger partial charge in [-0.2, -0.15) is 0 Å². The van der Waals surface area contributed by atoms with Crippen LogP contribution in [0.15, 0.2) is 5.38 Å². The predicted molar refractivity (Wildman–Crippen MR) is 69.6 cm³/mol. The fraction of sp³-hybridized carbons (Fsp3) is 0.583. The van der Waals surface area contributed by atoms with Gasteiger partial charge < -0.3 is 14.7 Å². The number of amides is 1. The number of rotatable bonds is 2. The van der Waals surface area contributed by atoms with Crippen molar-refractivity contribution in [1.29, 1.82) is 0 Å². The zero-order chi connectivity index (χ0) is 14.2. The Bertz CT molecular complexity index is 500. The van der Waals surface area contributed by atoms with Gasteiger partial charge in [-0.3, -0.25) is 0 Å². The molecule has 2 heterocycles. The van der Waals surface area contributed by atoms with E-state index in [0.717, 1.165) is 17.0 Å². The first-order chi connectivity index (χ1) is 8.76. The Morgan fingerprint density at radius 1 is 1.47 bits per heavy atom. The van der Waals surface area contributed by atoms with E-state index in [1.54, 1.807) is 10.3 Å². The topological polar surface area (TPSA) is 79.7 Å². The second kappa shape index (κ2) is 4.80. The number of aromatic carboxylic acids is 1. The van der Waals surface area contributed by atoms with Gasteiger partial charge >= 0.3 is 12.1 Å². The Labute approximate surface area is 115 Å². The third kappa shape index (κ3) is 3.23. The smallest absolute Gasteiger partial charge is 0.410 e. The van der Waals surface area contributed by atoms with Crippen LogP contribution in [0.2, 0.25) is 0 Å². The van der Waals surface area contributed by atoms with Gasteiger partial charge in [0.05, 0.1) is 5.69 Å². The summed E-state index contributed by atoms with van der Waals surface area (Å²) in [6.07, 6.45) is -0.336. The van der Waals surface area contributed by atoms with Crippen LogP contribution in [0, 0.1) is 0 Å². The zero-order valence-corrected chi connectivity index (χ0v) is 11.9. The Kier molecular flexibility index (Phi) is 3.49. The first-order valence-corrected chi connectivity index (χ1v) is 6.81. The van der Waals surface area contributed by atoms with Crippen LogP contribution in [0.4, 0.5) is 4.79 Å². The number of likely N-dealkylation sites (tertiary alicyclic amines) is 1. The quantitative estimate of drug-likeness (QED) is 0.900. The van der Waals surface area contributed by atoms with E-state index >= 15 is 0 Å². The van der Waals surface area contributed by atoms with Crippen LogP contribution in [0.5, 0.6) is 0 Å². The van der Waals surface area contributed by atoms with Crippen LogP contribution in [0.3, 0.4) is 0 Å². The molecule has 1 aromatic heterocycles. The van der Waals surface area contributed by atoms with Crippen molar-refractivity contribution < 1.29 is 19.4 Å². The molecule has 0 aliphatic carbocycles. The molecule has 0 bridgehead atoms. The van der Waals surface area contributed by atoms with Crippen LogP contribution in [0.1, 0.15) is 42.2 Å². The Morgan fingerprint density at radius 2 is 2.11 bits per heavy atom. The molecule has 0 spiro atoms. The number of ether oxygens (including phenoxy) is 1. The van der Waals surface area contributed by atoms with E-state index in [1.165, 1.54) is 0 Å². The predicted octanol–water partition coefficient (Wildman–Crippen LogP) is 2.18. The molecular weight excluding hydrogens is 268 g/mol. The number of nitrogens with zero attached hydrogens (tertiary/aromatic N) is 2. The molecule has 0 unspecified atom stereocenters. The minimum Gasteiger partial charge on any atom is -0.476 e. The summed E-state index contributed by atoms with van der Waals surface area (Å²) in [4.78, 5) is 28.1. The van der Waals surface area contributed by atoms with Crippen molar-refractivity contribution in [2.24, 2.45) is 0 Å². The van der Waals surface area contributed by atoms with Crippen molar-refractivity contribution in [3.8, 4) is 0 Å². The van der Waals surface area contributed by atoms with Crippen LogP contribution in [0.25, 0.3) is 0 Å². The number of carbonyl (C=O) groups is 2. The summed E-state index contributed by atoms with van der Waals surface area (Å²) in [5, 5.41) is 10.6. The number of thiazole rings is 1. The lowest BCUT2D eigenvalue weighted by Crippen LogP contribution is -2.50. The highest BCUT2D eigenvalue weighted by atomic mass is 32.1. The first-order valence-electron chi connectivity index (χ1n) is 5.93. The Morgan fingerprint density at radius 3 is 2.58 bits per heavy atom. The molecule has 1 amide bonds. The maximum atomic E-state index is 11.7. The molecule has 1 aliphatic heterocycles. The average molecular weight is 284 g/mol. The highest BCUT2D eigenvalue weighted by Gasteiger charge is 2.36. The fourth-order valence-electron chi connectivity index (χ4n) is 1.71. The molecular formula is C12H16N2O4S. The second-order valence-corrected chi connectivity index (χ2v) is 6.32. The molecule has 0 aromatic carbocycles. The molecule has 6 nitrogen and oxygen atoms in total. The zero-order valence-electron chi connectivity index (χ0n) is 11.0. The summed E-state index contributed by atoms with van der Waals surface area (Å²) in [5.41, 5.74) is 0.237. The normalized spacial score (nSPS) is 16.1. The summed E-state index contributed by atoms with van der Waals surface area (Å²) in [6, 6.07) is 0. The van der Waals surface area contributed by atoms with Crippen LogP contribution in [-0.2, 0) is 4.74 Å². The summed E-state index contributed by atoms with van der Waals surface area (Å²) >= 11 is 1.11. The van der Waals surface area contributed by atoms with Crippen LogP contribution < -0.4 is 0 Å². The van der Waals surface area contributed by atoms with Crippen molar-refractivity contribution >= 4 is 23.4 Å². The Balaban J connectivity index is 1.89. The van der Waals surface area contributed by atoms with E-state index in [1.807, 2.05) is 20.8 Å². The van der Waals surface area contributed by atoms with Gasteiger partial charge in [-0.25, -0.2) is 14.6 Å². The number of carboxylic acids is 1. The van der Waals surface area contributed by atoms with E-state index in [4.69, 9.17) is 9.84 Å². The van der Waals surface area contributed by atoms with Crippen molar-refractivity contribution in [3.63, 3.8) is 0 Å². The summed E-state index contributed by atoms with van der Waals surface area (Å²) in [7, 11) is 0. The largest absolute Gasteiger partial charge is 0.476 e. The molecule has 1 aromatic rings. The Hall–Kier alpha value is -1.63. The minimum absolute atomic E-state index is 0.0886. The summed E-state index contributed by atoms with van der Waals surface area (Å²) in [5.74, 6) is -0.906. The summed E-state index contributed by atoms with van der Waals surface area (Å²) in [6.45, 7) is 6.51. The fourth-order valence-corrected chi connectivity index (χ4v) is 2.45. The van der Waals surface area contributed by atoms with E-state index in [2.05, 4.69) is 4.98 Å². The molecule has 104 valence electrons. The van der Waals surface area contributed by atoms with Gasteiger partial charge in [-0.1, -0.05) is 0 Å². The van der Waals surface area contributed by atoms with Crippen molar-refractivity contribution in [2.45, 2.75) is 32.3 Å². The van der Waals surface area contributed by atoms with Crippen LogP contribution >= 0.6 is 11.3 Å².